The van der Waals surface area contributed by atoms with E-state index in [0.29, 0.717) is 34.7 Å². The van der Waals surface area contributed by atoms with E-state index < -0.39 is 0 Å². The second-order valence-corrected chi connectivity index (χ2v) is 10.6. The topological polar surface area (TPSA) is 79.5 Å². The Morgan fingerprint density at radius 2 is 1.69 bits per heavy atom. The average molecular weight is 584 g/mol. The van der Waals surface area contributed by atoms with Crippen LogP contribution in [0.3, 0.4) is 0 Å². The number of carbonyl (C=O) groups is 2. The number of hydrogen-bond donors (Lipinski definition) is 0. The van der Waals surface area contributed by atoms with Gasteiger partial charge in [0.15, 0.2) is 0 Å². The SMILES string of the molecule is O=C(c1ccc(Cl)cc1Cl)N(CC(=O)N1CCCC[C@H]1c1nc(-c2ccc(Cl)cc2)no1)Cc1ccccc1. The van der Waals surface area contributed by atoms with Crippen LogP contribution in [-0.2, 0) is 11.3 Å². The van der Waals surface area contributed by atoms with E-state index in [-0.39, 0.29) is 41.5 Å². The first-order valence-electron chi connectivity index (χ1n) is 12.6. The Hall–Kier alpha value is -3.39. The predicted octanol–water partition coefficient (Wildman–Crippen LogP) is 7.09. The summed E-state index contributed by atoms with van der Waals surface area (Å²) in [7, 11) is 0. The van der Waals surface area contributed by atoms with E-state index in [1.165, 1.54) is 11.0 Å². The van der Waals surface area contributed by atoms with Crippen LogP contribution >= 0.6 is 34.8 Å². The lowest BCUT2D eigenvalue weighted by atomic mass is 10.0. The maximum absolute atomic E-state index is 13.7. The first-order valence-corrected chi connectivity index (χ1v) is 13.7. The zero-order valence-electron chi connectivity index (χ0n) is 20.9. The molecule has 1 fully saturated rings. The molecule has 0 bridgehead atoms. The van der Waals surface area contributed by atoms with Crippen molar-refractivity contribution < 1.29 is 14.1 Å². The highest BCUT2D eigenvalue weighted by atomic mass is 35.5. The minimum absolute atomic E-state index is 0.138. The molecule has 0 aliphatic carbocycles. The number of benzene rings is 3. The molecule has 5 rings (SSSR count). The minimum atomic E-state index is -0.382. The van der Waals surface area contributed by atoms with Crippen molar-refractivity contribution in [2.24, 2.45) is 0 Å². The predicted molar refractivity (Wildman–Crippen MR) is 151 cm³/mol. The van der Waals surface area contributed by atoms with Gasteiger partial charge in [0.1, 0.15) is 12.6 Å². The van der Waals surface area contributed by atoms with Gasteiger partial charge in [0.05, 0.1) is 10.6 Å². The summed E-state index contributed by atoms with van der Waals surface area (Å²) in [5.74, 6) is 0.234. The summed E-state index contributed by atoms with van der Waals surface area (Å²) in [6.07, 6.45) is 2.44. The van der Waals surface area contributed by atoms with Crippen molar-refractivity contribution in [2.75, 3.05) is 13.1 Å². The normalized spacial score (nSPS) is 15.3. The molecule has 0 saturated carbocycles. The second-order valence-electron chi connectivity index (χ2n) is 9.33. The van der Waals surface area contributed by atoms with Crippen LogP contribution in [-0.4, -0.2) is 44.8 Å². The quantitative estimate of drug-likeness (QED) is 0.232. The summed E-state index contributed by atoms with van der Waals surface area (Å²) >= 11 is 18.4. The van der Waals surface area contributed by atoms with Crippen molar-refractivity contribution >= 4 is 46.6 Å². The minimum Gasteiger partial charge on any atom is -0.337 e. The molecule has 0 spiro atoms. The standard InChI is InChI=1S/C29H25Cl3N4O3/c30-21-11-9-20(10-12-21)27-33-28(39-34-27)25-8-4-5-15-36(25)26(37)18-35(17-19-6-2-1-3-7-19)29(38)23-14-13-22(31)16-24(23)32/h1-3,6-7,9-14,16,25H,4-5,8,15,17-18H2/t25-/m0/s1. The molecule has 4 aromatic rings. The summed E-state index contributed by atoms with van der Waals surface area (Å²) in [6, 6.07) is 21.0. The van der Waals surface area contributed by atoms with Crippen LogP contribution in [0.1, 0.15) is 47.1 Å². The van der Waals surface area contributed by atoms with E-state index >= 15 is 0 Å². The third-order valence-electron chi connectivity index (χ3n) is 6.64. The van der Waals surface area contributed by atoms with Gasteiger partial charge in [0.25, 0.3) is 5.91 Å². The lowest BCUT2D eigenvalue weighted by Crippen LogP contribution is -2.46. The number of rotatable bonds is 7. The van der Waals surface area contributed by atoms with E-state index in [0.717, 1.165) is 24.0 Å². The van der Waals surface area contributed by atoms with Gasteiger partial charge >= 0.3 is 0 Å². The fourth-order valence-electron chi connectivity index (χ4n) is 4.66. The monoisotopic (exact) mass is 582 g/mol. The summed E-state index contributed by atoms with van der Waals surface area (Å²) in [4.78, 5) is 35.2. The van der Waals surface area contributed by atoms with E-state index in [1.54, 1.807) is 29.2 Å². The fourth-order valence-corrected chi connectivity index (χ4v) is 5.28. The molecule has 2 amide bonds. The zero-order valence-corrected chi connectivity index (χ0v) is 23.2. The van der Waals surface area contributed by atoms with Crippen molar-refractivity contribution in [3.05, 3.63) is 105 Å². The molecule has 1 aromatic heterocycles. The highest BCUT2D eigenvalue weighted by Gasteiger charge is 2.34. The fraction of sp³-hybridized carbons (Fsp3) is 0.241. The molecule has 1 atom stereocenters. The Balaban J connectivity index is 1.39. The van der Waals surface area contributed by atoms with Gasteiger partial charge in [-0.05, 0) is 67.3 Å². The number of aromatic nitrogens is 2. The third-order valence-corrected chi connectivity index (χ3v) is 7.44. The van der Waals surface area contributed by atoms with Crippen LogP contribution in [0.2, 0.25) is 15.1 Å². The number of halogens is 3. The summed E-state index contributed by atoms with van der Waals surface area (Å²) in [5, 5.41) is 5.40. The van der Waals surface area contributed by atoms with E-state index in [1.807, 2.05) is 42.5 Å². The smallest absolute Gasteiger partial charge is 0.256 e. The van der Waals surface area contributed by atoms with Crippen molar-refractivity contribution in [1.29, 1.82) is 0 Å². The lowest BCUT2D eigenvalue weighted by Gasteiger charge is -2.35. The Morgan fingerprint density at radius 1 is 0.949 bits per heavy atom. The molecule has 0 N–H and O–H groups in total. The molecule has 200 valence electrons. The van der Waals surface area contributed by atoms with Crippen LogP contribution in [0, 0.1) is 0 Å². The average Bonchev–Trinajstić information content (AvgIpc) is 3.43. The summed E-state index contributed by atoms with van der Waals surface area (Å²) in [5.41, 5.74) is 1.94. The third kappa shape index (κ3) is 6.44. The number of nitrogens with zero attached hydrogens (tertiary/aromatic N) is 4. The molecule has 1 saturated heterocycles. The molecule has 3 aromatic carbocycles. The van der Waals surface area contributed by atoms with Crippen molar-refractivity contribution in [3.8, 4) is 11.4 Å². The van der Waals surface area contributed by atoms with Crippen LogP contribution in [0.4, 0.5) is 0 Å². The molecule has 1 aliphatic rings. The van der Waals surface area contributed by atoms with Gasteiger partial charge in [0.2, 0.25) is 17.6 Å². The number of amides is 2. The second kappa shape index (κ2) is 12.2. The van der Waals surface area contributed by atoms with Crippen LogP contribution in [0.15, 0.2) is 77.3 Å². The first kappa shape index (κ1) is 27.2. The molecule has 0 radical (unpaired) electrons. The van der Waals surface area contributed by atoms with Gasteiger partial charge in [-0.3, -0.25) is 9.59 Å². The van der Waals surface area contributed by atoms with Gasteiger partial charge < -0.3 is 14.3 Å². The highest BCUT2D eigenvalue weighted by molar-refractivity contribution is 6.36. The summed E-state index contributed by atoms with van der Waals surface area (Å²) < 4.78 is 5.62. The molecule has 0 unspecified atom stereocenters. The van der Waals surface area contributed by atoms with Gasteiger partial charge in [-0.25, -0.2) is 0 Å². The Labute approximate surface area is 241 Å². The van der Waals surface area contributed by atoms with Gasteiger partial charge in [-0.2, -0.15) is 4.98 Å². The molecule has 1 aliphatic heterocycles. The Bertz CT molecular complexity index is 1460. The van der Waals surface area contributed by atoms with E-state index in [4.69, 9.17) is 39.3 Å². The highest BCUT2D eigenvalue weighted by Crippen LogP contribution is 2.32. The largest absolute Gasteiger partial charge is 0.337 e. The molecule has 10 heteroatoms. The van der Waals surface area contributed by atoms with E-state index in [2.05, 4.69) is 10.1 Å². The molecular formula is C29H25Cl3N4O3. The lowest BCUT2D eigenvalue weighted by molar-refractivity contribution is -0.136. The van der Waals surface area contributed by atoms with Crippen molar-refractivity contribution in [1.82, 2.24) is 19.9 Å². The molecule has 2 heterocycles. The van der Waals surface area contributed by atoms with Crippen LogP contribution in [0.5, 0.6) is 0 Å². The van der Waals surface area contributed by atoms with E-state index in [9.17, 15) is 9.59 Å². The number of likely N-dealkylation sites (tertiary alicyclic amines) is 1. The van der Waals surface area contributed by atoms with Crippen molar-refractivity contribution in [2.45, 2.75) is 31.8 Å². The van der Waals surface area contributed by atoms with Gasteiger partial charge in [-0.15, -0.1) is 0 Å². The maximum Gasteiger partial charge on any atom is 0.256 e. The Morgan fingerprint density at radius 3 is 2.44 bits per heavy atom. The number of carbonyl (C=O) groups excluding carboxylic acids is 2. The van der Waals surface area contributed by atoms with Crippen molar-refractivity contribution in [3.63, 3.8) is 0 Å². The molecular weight excluding hydrogens is 559 g/mol. The number of hydrogen-bond acceptors (Lipinski definition) is 5. The summed E-state index contributed by atoms with van der Waals surface area (Å²) in [6.45, 7) is 0.628. The van der Waals surface area contributed by atoms with Crippen LogP contribution in [0.25, 0.3) is 11.4 Å². The van der Waals surface area contributed by atoms with Crippen LogP contribution < -0.4 is 0 Å². The molecule has 39 heavy (non-hydrogen) atoms. The maximum atomic E-state index is 13.7. The van der Waals surface area contributed by atoms with Gasteiger partial charge in [0, 0.05) is 28.7 Å². The Kier molecular flexibility index (Phi) is 8.50. The zero-order chi connectivity index (χ0) is 27.4. The number of piperidine rings is 1. The first-order chi connectivity index (χ1) is 18.9. The van der Waals surface area contributed by atoms with Gasteiger partial charge in [-0.1, -0.05) is 70.3 Å². The molecule has 7 nitrogen and oxygen atoms in total.